The Morgan fingerprint density at radius 1 is 1.39 bits per heavy atom. The quantitative estimate of drug-likeness (QED) is 0.901. The van der Waals surface area contributed by atoms with Crippen molar-refractivity contribution in [3.05, 3.63) is 35.4 Å². The van der Waals surface area contributed by atoms with E-state index < -0.39 is 0 Å². The molecule has 0 bridgehead atoms. The third-order valence-corrected chi connectivity index (χ3v) is 5.54. The normalized spacial score (nSPS) is 27.4. The lowest BCUT2D eigenvalue weighted by Gasteiger charge is -2.38. The van der Waals surface area contributed by atoms with E-state index >= 15 is 0 Å². The van der Waals surface area contributed by atoms with Crippen molar-refractivity contribution in [2.75, 3.05) is 26.2 Å². The summed E-state index contributed by atoms with van der Waals surface area (Å²) in [5.41, 5.74) is 2.84. The van der Waals surface area contributed by atoms with Crippen molar-refractivity contribution in [2.24, 2.45) is 5.92 Å². The van der Waals surface area contributed by atoms with Crippen LogP contribution in [0.2, 0.25) is 0 Å². The van der Waals surface area contributed by atoms with Crippen LogP contribution in [0.4, 0.5) is 4.79 Å². The SMILES string of the molecule is C[C@@]1(CNC(=O)N2CCC[C@H](CO)C2)CCCc2ccccc21. The van der Waals surface area contributed by atoms with Gasteiger partial charge in [0.25, 0.3) is 0 Å². The van der Waals surface area contributed by atoms with Crippen molar-refractivity contribution in [1.29, 1.82) is 0 Å². The zero-order valence-corrected chi connectivity index (χ0v) is 14.1. The van der Waals surface area contributed by atoms with Crippen LogP contribution >= 0.6 is 0 Å². The highest BCUT2D eigenvalue weighted by atomic mass is 16.3. The summed E-state index contributed by atoms with van der Waals surface area (Å²) in [7, 11) is 0. The Bertz CT molecular complexity index is 560. The molecule has 1 saturated heterocycles. The number of piperidine rings is 1. The van der Waals surface area contributed by atoms with E-state index in [9.17, 15) is 9.90 Å². The van der Waals surface area contributed by atoms with E-state index in [0.29, 0.717) is 13.1 Å². The van der Waals surface area contributed by atoms with Crippen molar-refractivity contribution in [3.63, 3.8) is 0 Å². The fourth-order valence-corrected chi connectivity index (χ4v) is 4.10. The van der Waals surface area contributed by atoms with E-state index in [-0.39, 0.29) is 24.0 Å². The lowest BCUT2D eigenvalue weighted by atomic mass is 9.71. The van der Waals surface area contributed by atoms with Crippen molar-refractivity contribution >= 4 is 6.03 Å². The lowest BCUT2D eigenvalue weighted by molar-refractivity contribution is 0.128. The van der Waals surface area contributed by atoms with E-state index in [1.54, 1.807) is 0 Å². The summed E-state index contributed by atoms with van der Waals surface area (Å²) < 4.78 is 0. The number of aliphatic hydroxyl groups excluding tert-OH is 1. The highest BCUT2D eigenvalue weighted by Gasteiger charge is 2.33. The van der Waals surface area contributed by atoms with Crippen LogP contribution in [-0.2, 0) is 11.8 Å². The minimum atomic E-state index is 0.0208. The molecule has 2 atom stereocenters. The summed E-state index contributed by atoms with van der Waals surface area (Å²) >= 11 is 0. The molecule has 0 radical (unpaired) electrons. The number of nitrogens with one attached hydrogen (secondary N) is 1. The number of likely N-dealkylation sites (tertiary alicyclic amines) is 1. The molecule has 1 aromatic rings. The Balaban J connectivity index is 1.63. The largest absolute Gasteiger partial charge is 0.396 e. The van der Waals surface area contributed by atoms with Crippen LogP contribution in [0, 0.1) is 5.92 Å². The molecule has 1 aliphatic heterocycles. The molecular weight excluding hydrogens is 288 g/mol. The topological polar surface area (TPSA) is 52.6 Å². The van der Waals surface area contributed by atoms with Gasteiger partial charge in [0.05, 0.1) is 0 Å². The molecule has 3 rings (SSSR count). The molecule has 0 aromatic heterocycles. The standard InChI is InChI=1S/C19H28N2O2/c1-19(10-4-8-16-7-2-3-9-17(16)19)14-20-18(23)21-11-5-6-15(12-21)13-22/h2-3,7,9,15,22H,4-6,8,10-14H2,1H3,(H,20,23)/t15-,19-/m0/s1. The molecule has 1 heterocycles. The average Bonchev–Trinajstić information content (AvgIpc) is 2.60. The minimum Gasteiger partial charge on any atom is -0.396 e. The summed E-state index contributed by atoms with van der Waals surface area (Å²) in [6, 6.07) is 8.65. The average molecular weight is 316 g/mol. The first-order valence-electron chi connectivity index (χ1n) is 8.84. The van der Waals surface area contributed by atoms with Crippen molar-refractivity contribution in [2.45, 2.75) is 44.4 Å². The summed E-state index contributed by atoms with van der Waals surface area (Å²) in [6.07, 6.45) is 5.44. The molecule has 2 amide bonds. The first-order valence-corrected chi connectivity index (χ1v) is 8.84. The smallest absolute Gasteiger partial charge is 0.317 e. The third-order valence-electron chi connectivity index (χ3n) is 5.54. The van der Waals surface area contributed by atoms with Gasteiger partial charge in [-0.05, 0) is 49.1 Å². The summed E-state index contributed by atoms with van der Waals surface area (Å²) in [5, 5.41) is 12.5. The minimum absolute atomic E-state index is 0.0208. The second kappa shape index (κ2) is 6.91. The monoisotopic (exact) mass is 316 g/mol. The van der Waals surface area contributed by atoms with E-state index in [1.165, 1.54) is 17.5 Å². The highest BCUT2D eigenvalue weighted by molar-refractivity contribution is 5.74. The number of carbonyl (C=O) groups excluding carboxylic acids is 1. The Morgan fingerprint density at radius 2 is 2.22 bits per heavy atom. The maximum atomic E-state index is 12.5. The fourth-order valence-electron chi connectivity index (χ4n) is 4.10. The Morgan fingerprint density at radius 3 is 3.04 bits per heavy atom. The van der Waals surface area contributed by atoms with Gasteiger partial charge in [0, 0.05) is 31.7 Å². The second-order valence-corrected chi connectivity index (χ2v) is 7.37. The molecular formula is C19H28N2O2. The van der Waals surface area contributed by atoms with Crippen LogP contribution in [0.25, 0.3) is 0 Å². The summed E-state index contributed by atoms with van der Waals surface area (Å²) in [5.74, 6) is 0.237. The van der Waals surface area contributed by atoms with Gasteiger partial charge >= 0.3 is 6.03 Å². The molecule has 0 spiro atoms. The first kappa shape index (κ1) is 16.3. The number of aryl methyl sites for hydroxylation is 1. The molecule has 4 nitrogen and oxygen atoms in total. The van der Waals surface area contributed by atoms with Crippen LogP contribution in [0.5, 0.6) is 0 Å². The molecule has 23 heavy (non-hydrogen) atoms. The third kappa shape index (κ3) is 3.52. The number of fused-ring (bicyclic) bond motifs is 1. The van der Waals surface area contributed by atoms with Crippen LogP contribution < -0.4 is 5.32 Å². The number of hydrogen-bond acceptors (Lipinski definition) is 2. The molecule has 2 aliphatic rings. The van der Waals surface area contributed by atoms with Gasteiger partial charge in [0.2, 0.25) is 0 Å². The zero-order valence-electron chi connectivity index (χ0n) is 14.1. The molecule has 1 aliphatic carbocycles. The molecule has 2 N–H and O–H groups in total. The van der Waals surface area contributed by atoms with E-state index in [2.05, 4.69) is 36.5 Å². The zero-order chi connectivity index (χ0) is 16.3. The predicted molar refractivity (Wildman–Crippen MR) is 91.5 cm³/mol. The molecule has 4 heteroatoms. The molecule has 1 fully saturated rings. The molecule has 0 unspecified atom stereocenters. The van der Waals surface area contributed by atoms with Crippen molar-refractivity contribution in [1.82, 2.24) is 10.2 Å². The maximum Gasteiger partial charge on any atom is 0.317 e. The van der Waals surface area contributed by atoms with Crippen LogP contribution in [0.1, 0.15) is 43.7 Å². The summed E-state index contributed by atoms with van der Waals surface area (Å²) in [6.45, 7) is 4.60. The van der Waals surface area contributed by atoms with E-state index in [4.69, 9.17) is 0 Å². The summed E-state index contributed by atoms with van der Waals surface area (Å²) in [4.78, 5) is 14.4. The van der Waals surface area contributed by atoms with Crippen LogP contribution in [0.15, 0.2) is 24.3 Å². The van der Waals surface area contributed by atoms with Crippen LogP contribution in [0.3, 0.4) is 0 Å². The number of aliphatic hydroxyl groups is 1. The molecule has 1 aromatic carbocycles. The second-order valence-electron chi connectivity index (χ2n) is 7.37. The number of hydrogen-bond donors (Lipinski definition) is 2. The van der Waals surface area contributed by atoms with Gasteiger partial charge in [0.15, 0.2) is 0 Å². The number of urea groups is 1. The van der Waals surface area contributed by atoms with Gasteiger partial charge in [-0.1, -0.05) is 31.2 Å². The number of carbonyl (C=O) groups is 1. The first-order chi connectivity index (χ1) is 11.1. The van der Waals surface area contributed by atoms with Gasteiger partial charge in [-0.25, -0.2) is 4.79 Å². The highest BCUT2D eigenvalue weighted by Crippen LogP contribution is 2.36. The van der Waals surface area contributed by atoms with E-state index in [0.717, 1.165) is 32.2 Å². The Kier molecular flexibility index (Phi) is 4.90. The molecule has 126 valence electrons. The molecule has 0 saturated carbocycles. The number of benzene rings is 1. The van der Waals surface area contributed by atoms with Gasteiger partial charge < -0.3 is 15.3 Å². The fraction of sp³-hybridized carbons (Fsp3) is 0.632. The van der Waals surface area contributed by atoms with E-state index in [1.807, 2.05) is 4.90 Å². The number of amides is 2. The Labute approximate surface area is 138 Å². The number of nitrogens with zero attached hydrogens (tertiary/aromatic N) is 1. The lowest BCUT2D eigenvalue weighted by Crippen LogP contribution is -2.49. The maximum absolute atomic E-state index is 12.5. The predicted octanol–water partition coefficient (Wildman–Crippen LogP) is 2.69. The van der Waals surface area contributed by atoms with Gasteiger partial charge in [-0.15, -0.1) is 0 Å². The van der Waals surface area contributed by atoms with Crippen molar-refractivity contribution in [3.8, 4) is 0 Å². The number of rotatable bonds is 3. The van der Waals surface area contributed by atoms with Gasteiger partial charge in [0.1, 0.15) is 0 Å². The van der Waals surface area contributed by atoms with Crippen LogP contribution in [-0.4, -0.2) is 42.3 Å². The van der Waals surface area contributed by atoms with Gasteiger partial charge in [-0.2, -0.15) is 0 Å². The Hall–Kier alpha value is -1.55. The van der Waals surface area contributed by atoms with Crippen molar-refractivity contribution < 1.29 is 9.90 Å². The van der Waals surface area contributed by atoms with Gasteiger partial charge in [-0.3, -0.25) is 0 Å².